The van der Waals surface area contributed by atoms with E-state index < -0.39 is 0 Å². The number of hydrogen-bond donors (Lipinski definition) is 1. The van der Waals surface area contributed by atoms with Crippen molar-refractivity contribution in [3.8, 4) is 17.2 Å². The Kier molecular flexibility index (Phi) is 10.7. The van der Waals surface area contributed by atoms with Crippen molar-refractivity contribution in [2.45, 2.75) is 36.0 Å². The molecule has 0 heterocycles. The highest BCUT2D eigenvalue weighted by Gasteiger charge is 2.18. The van der Waals surface area contributed by atoms with Crippen molar-refractivity contribution in [1.82, 2.24) is 0 Å². The monoisotopic (exact) mass is 602 g/mol. The number of nitrogens with one attached hydrogen (secondary N) is 1. The summed E-state index contributed by atoms with van der Waals surface area (Å²) in [5.74, 6) is 1.57. The normalized spacial score (nSPS) is 10.6. The number of carbonyl (C=O) groups excluding carboxylic acids is 2. The molecule has 0 aromatic heterocycles. The van der Waals surface area contributed by atoms with Crippen molar-refractivity contribution in [2.75, 3.05) is 16.8 Å². The lowest BCUT2D eigenvalue weighted by Gasteiger charge is -2.24. The fourth-order valence-corrected chi connectivity index (χ4v) is 5.30. The second-order valence-corrected chi connectivity index (χ2v) is 11.2. The van der Waals surface area contributed by atoms with Gasteiger partial charge in [-0.05, 0) is 91.2 Å². The third-order valence-electron chi connectivity index (χ3n) is 6.71. The van der Waals surface area contributed by atoms with E-state index in [1.54, 1.807) is 28.8 Å². The van der Waals surface area contributed by atoms with Gasteiger partial charge in [0.2, 0.25) is 0 Å². The third kappa shape index (κ3) is 8.75. The van der Waals surface area contributed by atoms with E-state index in [-0.39, 0.29) is 12.0 Å². The summed E-state index contributed by atoms with van der Waals surface area (Å²) in [4.78, 5) is 29.3. The Bertz CT molecular complexity index is 1640. The molecule has 0 fully saturated rings. The standard InChI is InChI=1S/C37H34N2O4S/c1-2-11-36(40)43-31-20-24-33(25-21-31)44-32-22-18-29(19-23-32)39(27-26-28-12-5-3-6-13-28)37(41)38-34-16-9-10-17-35(34)42-30-14-7-4-8-15-30/h3-10,12-25H,2,11,26-27H2,1H3,(H,38,41). The molecule has 2 amide bonds. The van der Waals surface area contributed by atoms with Crippen molar-refractivity contribution in [1.29, 1.82) is 0 Å². The van der Waals surface area contributed by atoms with Crippen LogP contribution in [0.25, 0.3) is 0 Å². The molecule has 0 saturated carbocycles. The lowest BCUT2D eigenvalue weighted by Crippen LogP contribution is -2.36. The highest BCUT2D eigenvalue weighted by atomic mass is 32.2. The van der Waals surface area contributed by atoms with Crippen LogP contribution >= 0.6 is 11.8 Å². The molecule has 0 atom stereocenters. The molecular weight excluding hydrogens is 568 g/mol. The van der Waals surface area contributed by atoms with Crippen LogP contribution < -0.4 is 19.7 Å². The number of carbonyl (C=O) groups is 2. The molecule has 0 unspecified atom stereocenters. The van der Waals surface area contributed by atoms with Crippen LogP contribution in [0.2, 0.25) is 0 Å². The second-order valence-electron chi connectivity index (χ2n) is 10.0. The van der Waals surface area contributed by atoms with Crippen LogP contribution in [0.4, 0.5) is 16.2 Å². The van der Waals surface area contributed by atoms with Crippen molar-refractivity contribution >= 4 is 35.1 Å². The van der Waals surface area contributed by atoms with Gasteiger partial charge in [-0.15, -0.1) is 0 Å². The van der Waals surface area contributed by atoms with Crippen LogP contribution in [0.5, 0.6) is 17.2 Å². The Balaban J connectivity index is 1.30. The van der Waals surface area contributed by atoms with Crippen molar-refractivity contribution < 1.29 is 19.1 Å². The first-order valence-corrected chi connectivity index (χ1v) is 15.4. The zero-order chi connectivity index (χ0) is 30.6. The summed E-state index contributed by atoms with van der Waals surface area (Å²) in [5, 5.41) is 3.07. The molecule has 5 aromatic carbocycles. The number of benzene rings is 5. The minimum absolute atomic E-state index is 0.225. The molecule has 6 nitrogen and oxygen atoms in total. The Morgan fingerprint density at radius 1 is 0.705 bits per heavy atom. The van der Waals surface area contributed by atoms with Gasteiger partial charge in [-0.3, -0.25) is 9.69 Å². The van der Waals surface area contributed by atoms with Crippen molar-refractivity contribution in [3.63, 3.8) is 0 Å². The van der Waals surface area contributed by atoms with Crippen LogP contribution in [0, 0.1) is 0 Å². The molecule has 7 heteroatoms. The molecule has 5 aromatic rings. The van der Waals surface area contributed by atoms with Crippen molar-refractivity contribution in [2.24, 2.45) is 0 Å². The topological polar surface area (TPSA) is 67.9 Å². The maximum Gasteiger partial charge on any atom is 0.326 e. The molecule has 0 bridgehead atoms. The Morgan fingerprint density at radius 2 is 1.32 bits per heavy atom. The molecule has 5 rings (SSSR count). The molecule has 222 valence electrons. The number of hydrogen-bond acceptors (Lipinski definition) is 5. The highest BCUT2D eigenvalue weighted by molar-refractivity contribution is 7.99. The summed E-state index contributed by atoms with van der Waals surface area (Å²) in [5.41, 5.74) is 2.51. The summed E-state index contributed by atoms with van der Waals surface area (Å²) in [6.07, 6.45) is 1.85. The first-order chi connectivity index (χ1) is 21.6. The van der Waals surface area contributed by atoms with Gasteiger partial charge in [0.1, 0.15) is 11.5 Å². The van der Waals surface area contributed by atoms with Crippen LogP contribution in [0.15, 0.2) is 143 Å². The van der Waals surface area contributed by atoms with Gasteiger partial charge in [-0.25, -0.2) is 4.79 Å². The van der Waals surface area contributed by atoms with E-state index in [0.29, 0.717) is 42.3 Å². The Hall–Kier alpha value is -5.01. The summed E-state index contributed by atoms with van der Waals surface area (Å²) in [6.45, 7) is 2.44. The summed E-state index contributed by atoms with van der Waals surface area (Å²) in [7, 11) is 0. The van der Waals surface area contributed by atoms with Gasteiger partial charge in [0.05, 0.1) is 5.69 Å². The van der Waals surface area contributed by atoms with Gasteiger partial charge < -0.3 is 14.8 Å². The molecule has 1 N–H and O–H groups in total. The molecule has 0 aliphatic rings. The number of para-hydroxylation sites is 3. The molecular formula is C37H34N2O4S. The summed E-state index contributed by atoms with van der Waals surface area (Å²) < 4.78 is 11.4. The number of rotatable bonds is 12. The summed E-state index contributed by atoms with van der Waals surface area (Å²) in [6, 6.07) is 42.2. The maximum atomic E-state index is 13.8. The molecule has 0 radical (unpaired) electrons. The molecule has 44 heavy (non-hydrogen) atoms. The largest absolute Gasteiger partial charge is 0.455 e. The lowest BCUT2D eigenvalue weighted by molar-refractivity contribution is -0.134. The Morgan fingerprint density at radius 3 is 2.00 bits per heavy atom. The molecule has 0 aliphatic heterocycles. The minimum Gasteiger partial charge on any atom is -0.455 e. The molecule has 0 spiro atoms. The van der Waals surface area contributed by atoms with Crippen LogP contribution in [0.1, 0.15) is 25.3 Å². The van der Waals surface area contributed by atoms with E-state index >= 15 is 0 Å². The second kappa shape index (κ2) is 15.5. The van der Waals surface area contributed by atoms with Crippen molar-refractivity contribution in [3.05, 3.63) is 139 Å². The van der Waals surface area contributed by atoms with Gasteiger partial charge >= 0.3 is 12.0 Å². The van der Waals surface area contributed by atoms with Gasteiger partial charge in [-0.1, -0.05) is 79.3 Å². The van der Waals surface area contributed by atoms with Gasteiger partial charge in [0, 0.05) is 28.4 Å². The van der Waals surface area contributed by atoms with Gasteiger partial charge in [0.25, 0.3) is 0 Å². The lowest BCUT2D eigenvalue weighted by atomic mass is 10.1. The predicted molar refractivity (Wildman–Crippen MR) is 177 cm³/mol. The van der Waals surface area contributed by atoms with E-state index in [1.807, 2.05) is 116 Å². The Labute approximate surface area is 262 Å². The molecule has 0 saturated heterocycles. The van der Waals surface area contributed by atoms with E-state index in [1.165, 1.54) is 0 Å². The number of urea groups is 1. The number of amides is 2. The highest BCUT2D eigenvalue weighted by Crippen LogP contribution is 2.32. The fraction of sp³-hybridized carbons (Fsp3) is 0.135. The SMILES string of the molecule is CCCC(=O)Oc1ccc(Sc2ccc(N(CCc3ccccc3)C(=O)Nc3ccccc3Oc3ccccc3)cc2)cc1. The van der Waals surface area contributed by atoms with E-state index in [0.717, 1.165) is 27.5 Å². The van der Waals surface area contributed by atoms with Crippen LogP contribution in [-0.4, -0.2) is 18.5 Å². The quantitative estimate of drug-likeness (QED) is 0.114. The molecule has 0 aliphatic carbocycles. The average Bonchev–Trinajstić information content (AvgIpc) is 3.05. The van der Waals surface area contributed by atoms with E-state index in [9.17, 15) is 9.59 Å². The zero-order valence-electron chi connectivity index (χ0n) is 24.5. The number of esters is 1. The first-order valence-electron chi connectivity index (χ1n) is 14.6. The predicted octanol–water partition coefficient (Wildman–Crippen LogP) is 9.62. The minimum atomic E-state index is -0.251. The average molecular weight is 603 g/mol. The fourth-order valence-electron chi connectivity index (χ4n) is 4.48. The van der Waals surface area contributed by atoms with E-state index in [2.05, 4.69) is 17.4 Å². The number of anilines is 2. The zero-order valence-corrected chi connectivity index (χ0v) is 25.3. The van der Waals surface area contributed by atoms with E-state index in [4.69, 9.17) is 9.47 Å². The number of nitrogens with zero attached hydrogens (tertiary/aromatic N) is 1. The van der Waals surface area contributed by atoms with Gasteiger partial charge in [-0.2, -0.15) is 0 Å². The summed E-state index contributed by atoms with van der Waals surface area (Å²) >= 11 is 1.59. The first kappa shape index (κ1) is 30.4. The maximum absolute atomic E-state index is 13.8. The third-order valence-corrected chi connectivity index (χ3v) is 7.72. The number of ether oxygens (including phenoxy) is 2. The van der Waals surface area contributed by atoms with Crippen LogP contribution in [-0.2, 0) is 11.2 Å². The van der Waals surface area contributed by atoms with Crippen LogP contribution in [0.3, 0.4) is 0 Å². The smallest absolute Gasteiger partial charge is 0.326 e. The van der Waals surface area contributed by atoms with Gasteiger partial charge in [0.15, 0.2) is 5.75 Å².